The minimum atomic E-state index is -0.0445. The topological polar surface area (TPSA) is 54.0 Å². The van der Waals surface area contributed by atoms with E-state index in [2.05, 4.69) is 22.5 Å². The van der Waals surface area contributed by atoms with E-state index >= 15 is 0 Å². The molecule has 0 bridgehead atoms. The van der Waals surface area contributed by atoms with Crippen molar-refractivity contribution in [2.24, 2.45) is 5.92 Å². The van der Waals surface area contributed by atoms with Gasteiger partial charge in [0.2, 0.25) is 0 Å². The van der Waals surface area contributed by atoms with Crippen molar-refractivity contribution in [1.82, 2.24) is 10.3 Å². The lowest BCUT2D eigenvalue weighted by Crippen LogP contribution is -2.38. The largest absolute Gasteiger partial charge is 0.384 e. The molecule has 1 aromatic heterocycles. The van der Waals surface area contributed by atoms with Crippen LogP contribution in [0.1, 0.15) is 62.9 Å². The highest BCUT2D eigenvalue weighted by Crippen LogP contribution is 2.27. The zero-order chi connectivity index (χ0) is 15.1. The molecule has 0 saturated heterocycles. The van der Waals surface area contributed by atoms with Gasteiger partial charge in [-0.2, -0.15) is 0 Å². The second-order valence-electron chi connectivity index (χ2n) is 5.94. The van der Waals surface area contributed by atoms with Crippen LogP contribution in [-0.4, -0.2) is 23.5 Å². The Balaban J connectivity index is 1.81. The number of nitrogens with one attached hydrogen (secondary N) is 2. The third-order valence-electron chi connectivity index (χ3n) is 4.26. The van der Waals surface area contributed by atoms with E-state index in [4.69, 9.17) is 0 Å². The fraction of sp³-hybridized carbons (Fsp3) is 0.647. The monoisotopic (exact) mass is 289 g/mol. The number of hydrogen-bond donors (Lipinski definition) is 2. The Labute approximate surface area is 127 Å². The summed E-state index contributed by atoms with van der Waals surface area (Å²) >= 11 is 0. The fourth-order valence-corrected chi connectivity index (χ4v) is 3.10. The molecular weight excluding hydrogens is 262 g/mol. The normalized spacial score (nSPS) is 21.8. The Morgan fingerprint density at radius 2 is 2.00 bits per heavy atom. The molecule has 2 N–H and O–H groups in total. The number of anilines is 1. The maximum Gasteiger partial charge on any atom is 0.270 e. The number of pyridine rings is 1. The van der Waals surface area contributed by atoms with Crippen molar-refractivity contribution in [3.8, 4) is 0 Å². The molecule has 1 aliphatic carbocycles. The van der Waals surface area contributed by atoms with Crippen LogP contribution in [0.4, 0.5) is 5.69 Å². The molecule has 0 atom stereocenters. The Kier molecular flexibility index (Phi) is 6.03. The van der Waals surface area contributed by atoms with Crippen molar-refractivity contribution in [1.29, 1.82) is 0 Å². The average molecular weight is 289 g/mol. The van der Waals surface area contributed by atoms with E-state index in [0.717, 1.165) is 31.0 Å². The molecule has 0 aliphatic heterocycles. The molecule has 0 unspecified atom stereocenters. The van der Waals surface area contributed by atoms with Gasteiger partial charge in [-0.15, -0.1) is 0 Å². The number of rotatable bonds is 6. The summed E-state index contributed by atoms with van der Waals surface area (Å²) in [5, 5.41) is 6.31. The first-order valence-electron chi connectivity index (χ1n) is 8.23. The standard InChI is InChI=1S/C17H27N3O/c1-3-5-13-6-8-14(9-7-13)20-17(21)16-11-10-15(12-19-16)18-4-2/h10-14,18H,3-9H2,1-2H3,(H,20,21). The van der Waals surface area contributed by atoms with E-state index in [0.29, 0.717) is 11.7 Å². The predicted octanol–water partition coefficient (Wildman–Crippen LogP) is 3.60. The molecule has 0 aromatic carbocycles. The van der Waals surface area contributed by atoms with Gasteiger partial charge in [-0.1, -0.05) is 19.8 Å². The van der Waals surface area contributed by atoms with Gasteiger partial charge < -0.3 is 10.6 Å². The first-order valence-corrected chi connectivity index (χ1v) is 8.23. The van der Waals surface area contributed by atoms with Crippen LogP contribution in [0.5, 0.6) is 0 Å². The van der Waals surface area contributed by atoms with E-state index in [9.17, 15) is 4.79 Å². The van der Waals surface area contributed by atoms with E-state index in [1.165, 1.54) is 25.7 Å². The van der Waals surface area contributed by atoms with Gasteiger partial charge in [-0.05, 0) is 50.7 Å². The van der Waals surface area contributed by atoms with E-state index < -0.39 is 0 Å². The van der Waals surface area contributed by atoms with Crippen LogP contribution in [0.3, 0.4) is 0 Å². The zero-order valence-electron chi connectivity index (χ0n) is 13.2. The van der Waals surface area contributed by atoms with Gasteiger partial charge in [0.05, 0.1) is 11.9 Å². The SMILES string of the molecule is CCCC1CCC(NC(=O)c2ccc(NCC)cn2)CC1. The highest BCUT2D eigenvalue weighted by atomic mass is 16.1. The molecule has 1 heterocycles. The quantitative estimate of drug-likeness (QED) is 0.841. The molecule has 21 heavy (non-hydrogen) atoms. The lowest BCUT2D eigenvalue weighted by Gasteiger charge is -2.28. The number of carbonyl (C=O) groups is 1. The van der Waals surface area contributed by atoms with Crippen LogP contribution in [0.2, 0.25) is 0 Å². The fourth-order valence-electron chi connectivity index (χ4n) is 3.10. The highest BCUT2D eigenvalue weighted by molar-refractivity contribution is 5.92. The van der Waals surface area contributed by atoms with Crippen LogP contribution in [-0.2, 0) is 0 Å². The molecule has 1 aromatic rings. The lowest BCUT2D eigenvalue weighted by molar-refractivity contribution is 0.0916. The van der Waals surface area contributed by atoms with Crippen molar-refractivity contribution >= 4 is 11.6 Å². The van der Waals surface area contributed by atoms with Crippen LogP contribution >= 0.6 is 0 Å². The van der Waals surface area contributed by atoms with Crippen molar-refractivity contribution in [3.63, 3.8) is 0 Å². The van der Waals surface area contributed by atoms with E-state index in [-0.39, 0.29) is 5.91 Å². The molecule has 4 nitrogen and oxygen atoms in total. The third-order valence-corrected chi connectivity index (χ3v) is 4.26. The molecule has 116 valence electrons. The van der Waals surface area contributed by atoms with Gasteiger partial charge in [0, 0.05) is 12.6 Å². The van der Waals surface area contributed by atoms with Crippen LogP contribution in [0.15, 0.2) is 18.3 Å². The number of amides is 1. The first-order chi connectivity index (χ1) is 10.2. The van der Waals surface area contributed by atoms with Crippen LogP contribution in [0, 0.1) is 5.92 Å². The lowest BCUT2D eigenvalue weighted by atomic mass is 9.83. The second-order valence-corrected chi connectivity index (χ2v) is 5.94. The molecule has 1 saturated carbocycles. The Bertz CT molecular complexity index is 436. The second kappa shape index (κ2) is 8.01. The summed E-state index contributed by atoms with van der Waals surface area (Å²) in [5.41, 5.74) is 1.46. The van der Waals surface area contributed by atoms with E-state index in [1.807, 2.05) is 13.0 Å². The van der Waals surface area contributed by atoms with Gasteiger partial charge in [0.1, 0.15) is 5.69 Å². The Morgan fingerprint density at radius 3 is 2.57 bits per heavy atom. The molecule has 1 aliphatic rings. The summed E-state index contributed by atoms with van der Waals surface area (Å²) in [6.07, 6.45) is 9.00. The molecule has 4 heteroatoms. The van der Waals surface area contributed by atoms with Crippen molar-refractivity contribution in [3.05, 3.63) is 24.0 Å². The molecule has 2 rings (SSSR count). The summed E-state index contributed by atoms with van der Waals surface area (Å²) in [4.78, 5) is 16.4. The van der Waals surface area contributed by atoms with Crippen LogP contribution < -0.4 is 10.6 Å². The van der Waals surface area contributed by atoms with Gasteiger partial charge >= 0.3 is 0 Å². The number of nitrogens with zero attached hydrogens (tertiary/aromatic N) is 1. The molecule has 1 amide bonds. The molecule has 0 spiro atoms. The molecular formula is C17H27N3O. The summed E-state index contributed by atoms with van der Waals surface area (Å²) < 4.78 is 0. The van der Waals surface area contributed by atoms with Gasteiger partial charge in [-0.3, -0.25) is 4.79 Å². The summed E-state index contributed by atoms with van der Waals surface area (Å²) in [6.45, 7) is 5.14. The third kappa shape index (κ3) is 4.73. The maximum atomic E-state index is 12.2. The zero-order valence-corrected chi connectivity index (χ0v) is 13.2. The minimum Gasteiger partial charge on any atom is -0.384 e. The van der Waals surface area contributed by atoms with Gasteiger partial charge in [-0.25, -0.2) is 4.98 Å². The van der Waals surface area contributed by atoms with Crippen molar-refractivity contribution < 1.29 is 4.79 Å². The highest BCUT2D eigenvalue weighted by Gasteiger charge is 2.22. The Hall–Kier alpha value is -1.58. The smallest absolute Gasteiger partial charge is 0.270 e. The molecule has 0 radical (unpaired) electrons. The summed E-state index contributed by atoms with van der Waals surface area (Å²) in [5.74, 6) is 0.817. The Morgan fingerprint density at radius 1 is 1.24 bits per heavy atom. The number of carbonyl (C=O) groups excluding carboxylic acids is 1. The predicted molar refractivity (Wildman–Crippen MR) is 86.5 cm³/mol. The maximum absolute atomic E-state index is 12.2. The average Bonchev–Trinajstić information content (AvgIpc) is 2.50. The van der Waals surface area contributed by atoms with E-state index in [1.54, 1.807) is 12.3 Å². The number of aromatic nitrogens is 1. The summed E-state index contributed by atoms with van der Waals surface area (Å²) in [6, 6.07) is 4.01. The van der Waals surface area contributed by atoms with Crippen LogP contribution in [0.25, 0.3) is 0 Å². The molecule has 1 fully saturated rings. The van der Waals surface area contributed by atoms with Gasteiger partial charge in [0.25, 0.3) is 5.91 Å². The summed E-state index contributed by atoms with van der Waals surface area (Å²) in [7, 11) is 0. The number of hydrogen-bond acceptors (Lipinski definition) is 3. The minimum absolute atomic E-state index is 0.0445. The van der Waals surface area contributed by atoms with Crippen molar-refractivity contribution in [2.75, 3.05) is 11.9 Å². The van der Waals surface area contributed by atoms with Crippen molar-refractivity contribution in [2.45, 2.75) is 58.4 Å². The first kappa shape index (κ1) is 15.8. The van der Waals surface area contributed by atoms with Gasteiger partial charge in [0.15, 0.2) is 0 Å².